The summed E-state index contributed by atoms with van der Waals surface area (Å²) in [5.41, 5.74) is 3.90. The van der Waals surface area contributed by atoms with Gasteiger partial charge in [-0.15, -0.1) is 0 Å². The molecule has 1 aromatic rings. The highest BCUT2D eigenvalue weighted by Crippen LogP contribution is 2.11. The molecule has 2 rings (SSSR count). The van der Waals surface area contributed by atoms with Crippen LogP contribution in [0.15, 0.2) is 41.4 Å². The van der Waals surface area contributed by atoms with Crippen LogP contribution in [0.1, 0.15) is 37.8 Å². The molecule has 1 fully saturated rings. The first-order valence-electron chi connectivity index (χ1n) is 9.54. The summed E-state index contributed by atoms with van der Waals surface area (Å²) in [5, 5.41) is 7.00. The van der Waals surface area contributed by atoms with E-state index in [1.165, 1.54) is 16.7 Å². The molecule has 1 aliphatic heterocycles. The van der Waals surface area contributed by atoms with Gasteiger partial charge in [-0.3, -0.25) is 9.89 Å². The fourth-order valence-electron chi connectivity index (χ4n) is 3.18. The second-order valence-electron chi connectivity index (χ2n) is 7.15. The van der Waals surface area contributed by atoms with Crippen molar-refractivity contribution in [2.45, 2.75) is 46.1 Å². The quantitative estimate of drug-likeness (QED) is 0.454. The van der Waals surface area contributed by atoms with Crippen molar-refractivity contribution in [3.63, 3.8) is 0 Å². The van der Waals surface area contributed by atoms with Crippen molar-refractivity contribution < 1.29 is 0 Å². The van der Waals surface area contributed by atoms with Crippen LogP contribution in [-0.2, 0) is 6.42 Å². The SMILES string of the molecule is C=C(C)CN1CCC(NC(=NCCc2ccc(C)cc2)NCC)CC1. The summed E-state index contributed by atoms with van der Waals surface area (Å²) in [6, 6.07) is 9.24. The molecule has 0 spiro atoms. The van der Waals surface area contributed by atoms with Crippen molar-refractivity contribution in [2.24, 2.45) is 4.99 Å². The van der Waals surface area contributed by atoms with Crippen LogP contribution in [0.3, 0.4) is 0 Å². The Balaban J connectivity index is 1.79. The number of hydrogen-bond acceptors (Lipinski definition) is 2. The Hall–Kier alpha value is -1.81. The molecule has 0 bridgehead atoms. The number of likely N-dealkylation sites (tertiary alicyclic amines) is 1. The maximum atomic E-state index is 4.76. The average Bonchev–Trinajstić information content (AvgIpc) is 2.58. The lowest BCUT2D eigenvalue weighted by molar-refractivity contribution is 0.221. The molecule has 4 heteroatoms. The van der Waals surface area contributed by atoms with Crippen LogP contribution in [0.4, 0.5) is 0 Å². The van der Waals surface area contributed by atoms with E-state index in [2.05, 4.69) is 67.1 Å². The molecule has 25 heavy (non-hydrogen) atoms. The van der Waals surface area contributed by atoms with Gasteiger partial charge in [0.25, 0.3) is 0 Å². The largest absolute Gasteiger partial charge is 0.357 e. The number of benzene rings is 1. The Bertz CT molecular complexity index is 554. The maximum Gasteiger partial charge on any atom is 0.191 e. The molecule has 0 atom stereocenters. The molecule has 0 unspecified atom stereocenters. The molecule has 0 amide bonds. The van der Waals surface area contributed by atoms with Gasteiger partial charge in [0.2, 0.25) is 0 Å². The number of piperidine rings is 1. The first-order chi connectivity index (χ1) is 12.1. The molecular weight excluding hydrogens is 308 g/mol. The second-order valence-corrected chi connectivity index (χ2v) is 7.15. The molecule has 1 heterocycles. The van der Waals surface area contributed by atoms with Crippen molar-refractivity contribution in [3.05, 3.63) is 47.5 Å². The summed E-state index contributed by atoms with van der Waals surface area (Å²) in [7, 11) is 0. The first kappa shape index (κ1) is 19.5. The van der Waals surface area contributed by atoms with E-state index < -0.39 is 0 Å². The van der Waals surface area contributed by atoms with Crippen LogP contribution in [0, 0.1) is 6.92 Å². The van der Waals surface area contributed by atoms with E-state index in [0.717, 1.165) is 57.9 Å². The van der Waals surface area contributed by atoms with Crippen molar-refractivity contribution in [1.82, 2.24) is 15.5 Å². The zero-order valence-corrected chi connectivity index (χ0v) is 16.1. The third-order valence-electron chi connectivity index (χ3n) is 4.56. The van der Waals surface area contributed by atoms with E-state index in [1.54, 1.807) is 0 Å². The molecule has 0 radical (unpaired) electrons. The summed E-state index contributed by atoms with van der Waals surface area (Å²) in [6.45, 7) is 15.4. The number of aliphatic imine (C=N–C) groups is 1. The maximum absolute atomic E-state index is 4.76. The van der Waals surface area contributed by atoms with Crippen LogP contribution in [0.5, 0.6) is 0 Å². The molecule has 0 aliphatic carbocycles. The van der Waals surface area contributed by atoms with Gasteiger partial charge in [-0.1, -0.05) is 42.0 Å². The van der Waals surface area contributed by atoms with Gasteiger partial charge in [0.1, 0.15) is 0 Å². The Labute approximate surface area is 153 Å². The van der Waals surface area contributed by atoms with E-state index >= 15 is 0 Å². The smallest absolute Gasteiger partial charge is 0.191 e. The minimum Gasteiger partial charge on any atom is -0.357 e. The standard InChI is InChI=1S/C21H34N4/c1-5-22-21(23-13-10-19-8-6-18(4)7-9-19)24-20-11-14-25(15-12-20)16-17(2)3/h6-9,20H,2,5,10-16H2,1,3-4H3,(H2,22,23,24). The Morgan fingerprint density at radius 2 is 1.92 bits per heavy atom. The monoisotopic (exact) mass is 342 g/mol. The summed E-state index contributed by atoms with van der Waals surface area (Å²) in [4.78, 5) is 7.25. The molecule has 1 saturated heterocycles. The minimum absolute atomic E-state index is 0.513. The number of nitrogens with one attached hydrogen (secondary N) is 2. The predicted molar refractivity (Wildman–Crippen MR) is 108 cm³/mol. The van der Waals surface area contributed by atoms with Crippen LogP contribution in [0.2, 0.25) is 0 Å². The Morgan fingerprint density at radius 1 is 1.24 bits per heavy atom. The second kappa shape index (κ2) is 10.2. The number of hydrogen-bond donors (Lipinski definition) is 2. The fraction of sp³-hybridized carbons (Fsp3) is 0.571. The van der Waals surface area contributed by atoms with E-state index in [9.17, 15) is 0 Å². The third kappa shape index (κ3) is 7.30. The van der Waals surface area contributed by atoms with Gasteiger partial charge in [-0.05, 0) is 45.6 Å². The lowest BCUT2D eigenvalue weighted by Gasteiger charge is -2.33. The predicted octanol–water partition coefficient (Wildman–Crippen LogP) is 3.13. The van der Waals surface area contributed by atoms with Crippen molar-refractivity contribution >= 4 is 5.96 Å². The van der Waals surface area contributed by atoms with E-state index in [4.69, 9.17) is 4.99 Å². The molecule has 1 aromatic carbocycles. The van der Waals surface area contributed by atoms with Gasteiger partial charge in [0.05, 0.1) is 0 Å². The molecule has 2 N–H and O–H groups in total. The minimum atomic E-state index is 0.513. The van der Waals surface area contributed by atoms with Crippen molar-refractivity contribution in [3.8, 4) is 0 Å². The molecule has 4 nitrogen and oxygen atoms in total. The molecule has 138 valence electrons. The van der Waals surface area contributed by atoms with Crippen LogP contribution >= 0.6 is 0 Å². The van der Waals surface area contributed by atoms with Crippen molar-refractivity contribution in [1.29, 1.82) is 0 Å². The molecule has 0 saturated carbocycles. The topological polar surface area (TPSA) is 39.7 Å². The lowest BCUT2D eigenvalue weighted by Crippen LogP contribution is -2.48. The van der Waals surface area contributed by atoms with Crippen LogP contribution in [-0.4, -0.2) is 49.6 Å². The van der Waals surface area contributed by atoms with E-state index in [1.807, 2.05) is 0 Å². The normalized spacial score (nSPS) is 16.7. The first-order valence-corrected chi connectivity index (χ1v) is 9.54. The lowest BCUT2D eigenvalue weighted by atomic mass is 10.0. The van der Waals surface area contributed by atoms with Gasteiger partial charge in [-0.25, -0.2) is 0 Å². The number of guanidine groups is 1. The number of aryl methyl sites for hydroxylation is 1. The highest BCUT2D eigenvalue weighted by molar-refractivity contribution is 5.80. The van der Waals surface area contributed by atoms with Crippen LogP contribution in [0.25, 0.3) is 0 Å². The van der Waals surface area contributed by atoms with E-state index in [0.29, 0.717) is 6.04 Å². The Kier molecular flexibility index (Phi) is 7.99. The summed E-state index contributed by atoms with van der Waals surface area (Å²) in [5.74, 6) is 0.952. The zero-order valence-electron chi connectivity index (χ0n) is 16.1. The molecule has 1 aliphatic rings. The highest BCUT2D eigenvalue weighted by atomic mass is 15.2. The van der Waals surface area contributed by atoms with Crippen molar-refractivity contribution in [2.75, 3.05) is 32.7 Å². The van der Waals surface area contributed by atoms with Gasteiger partial charge < -0.3 is 10.6 Å². The zero-order chi connectivity index (χ0) is 18.1. The summed E-state index contributed by atoms with van der Waals surface area (Å²) < 4.78 is 0. The fourth-order valence-corrected chi connectivity index (χ4v) is 3.18. The molecular formula is C21H34N4. The van der Waals surface area contributed by atoms with Gasteiger partial charge in [0, 0.05) is 38.8 Å². The highest BCUT2D eigenvalue weighted by Gasteiger charge is 2.19. The third-order valence-corrected chi connectivity index (χ3v) is 4.56. The number of rotatable bonds is 7. The average molecular weight is 343 g/mol. The van der Waals surface area contributed by atoms with Gasteiger partial charge >= 0.3 is 0 Å². The molecule has 0 aromatic heterocycles. The summed E-state index contributed by atoms with van der Waals surface area (Å²) >= 11 is 0. The van der Waals surface area contributed by atoms with E-state index in [-0.39, 0.29) is 0 Å². The summed E-state index contributed by atoms with van der Waals surface area (Å²) in [6.07, 6.45) is 3.30. The van der Waals surface area contributed by atoms with Gasteiger partial charge in [0.15, 0.2) is 5.96 Å². The number of nitrogens with zero attached hydrogens (tertiary/aromatic N) is 2. The van der Waals surface area contributed by atoms with Gasteiger partial charge in [-0.2, -0.15) is 0 Å². The Morgan fingerprint density at radius 3 is 2.52 bits per heavy atom. The van der Waals surface area contributed by atoms with Crippen LogP contribution < -0.4 is 10.6 Å².